The topological polar surface area (TPSA) is 20.2 Å². The van der Waals surface area contributed by atoms with Crippen LogP contribution in [0.3, 0.4) is 0 Å². The first kappa shape index (κ1) is 11.7. The van der Waals surface area contributed by atoms with E-state index in [0.717, 1.165) is 12.8 Å². The Bertz CT molecular complexity index is 136. The highest BCUT2D eigenvalue weighted by Gasteiger charge is 1.98. The van der Waals surface area contributed by atoms with Crippen LogP contribution in [0.1, 0.15) is 47.0 Å². The maximum atomic E-state index is 9.07. The van der Waals surface area contributed by atoms with E-state index < -0.39 is 0 Å². The van der Waals surface area contributed by atoms with Crippen LogP contribution in [0.5, 0.6) is 0 Å². The minimum absolute atomic E-state index is 0.162. The lowest BCUT2D eigenvalue weighted by Crippen LogP contribution is -1.99. The molecule has 2 unspecified atom stereocenters. The first-order chi connectivity index (χ1) is 5.56. The fourth-order valence-electron chi connectivity index (χ4n) is 1.12. The second-order valence-electron chi connectivity index (χ2n) is 3.79. The van der Waals surface area contributed by atoms with Crippen LogP contribution >= 0.6 is 0 Å². The molecule has 0 saturated heterocycles. The van der Waals surface area contributed by atoms with Crippen molar-refractivity contribution < 1.29 is 5.11 Å². The molecule has 0 radical (unpaired) electrons. The van der Waals surface area contributed by atoms with Crippen molar-refractivity contribution in [2.24, 2.45) is 5.92 Å². The summed E-state index contributed by atoms with van der Waals surface area (Å²) in [5, 5.41) is 9.07. The van der Waals surface area contributed by atoms with E-state index in [2.05, 4.69) is 26.8 Å². The van der Waals surface area contributed by atoms with Crippen LogP contribution < -0.4 is 0 Å². The third kappa shape index (κ3) is 6.41. The second kappa shape index (κ2) is 6.24. The van der Waals surface area contributed by atoms with Crippen molar-refractivity contribution in [3.63, 3.8) is 0 Å². The van der Waals surface area contributed by atoms with Crippen molar-refractivity contribution in [2.75, 3.05) is 0 Å². The molecule has 0 rings (SSSR count). The quantitative estimate of drug-likeness (QED) is 0.628. The fourth-order valence-corrected chi connectivity index (χ4v) is 1.12. The summed E-state index contributed by atoms with van der Waals surface area (Å²) >= 11 is 0. The van der Waals surface area contributed by atoms with Crippen LogP contribution in [0.2, 0.25) is 0 Å². The minimum Gasteiger partial charge on any atom is -0.393 e. The molecule has 0 aliphatic carbocycles. The largest absolute Gasteiger partial charge is 0.393 e. The molecular weight excluding hydrogens is 148 g/mol. The summed E-state index contributed by atoms with van der Waals surface area (Å²) in [4.78, 5) is 0. The van der Waals surface area contributed by atoms with E-state index in [1.807, 2.05) is 6.92 Å². The molecule has 0 heterocycles. The van der Waals surface area contributed by atoms with Gasteiger partial charge in [0.15, 0.2) is 0 Å². The Morgan fingerprint density at radius 2 is 2.00 bits per heavy atom. The number of rotatable bonds is 5. The monoisotopic (exact) mass is 170 g/mol. The van der Waals surface area contributed by atoms with Gasteiger partial charge in [-0.15, -0.1) is 0 Å². The van der Waals surface area contributed by atoms with E-state index in [4.69, 9.17) is 5.11 Å². The van der Waals surface area contributed by atoms with E-state index in [9.17, 15) is 0 Å². The van der Waals surface area contributed by atoms with Gasteiger partial charge in [-0.3, -0.25) is 0 Å². The summed E-state index contributed by atoms with van der Waals surface area (Å²) in [6.07, 6.45) is 5.26. The molecule has 1 nitrogen and oxygen atoms in total. The molecule has 0 aromatic heterocycles. The van der Waals surface area contributed by atoms with Crippen molar-refractivity contribution in [1.29, 1.82) is 0 Å². The molecule has 0 aliphatic rings. The lowest BCUT2D eigenvalue weighted by Gasteiger charge is -2.07. The first-order valence-electron chi connectivity index (χ1n) is 4.91. The summed E-state index contributed by atoms with van der Waals surface area (Å²) in [7, 11) is 0. The second-order valence-corrected chi connectivity index (χ2v) is 3.79. The Kier molecular flexibility index (Phi) is 6.09. The lowest BCUT2D eigenvalue weighted by molar-refractivity contribution is 0.185. The standard InChI is InChI=1S/C11H22O/c1-5-9(2)8-10(3)6-7-11(4)12/h8-9,11-12H,5-7H2,1-4H3. The SMILES string of the molecule is CCC(C)C=C(C)CCC(C)O. The normalized spacial score (nSPS) is 17.6. The smallest absolute Gasteiger partial charge is 0.0515 e. The van der Waals surface area contributed by atoms with Gasteiger partial charge in [0.1, 0.15) is 0 Å². The molecule has 0 spiro atoms. The van der Waals surface area contributed by atoms with Gasteiger partial charge in [-0.25, -0.2) is 0 Å². The molecule has 0 aromatic rings. The van der Waals surface area contributed by atoms with E-state index in [1.165, 1.54) is 12.0 Å². The highest BCUT2D eigenvalue weighted by molar-refractivity contribution is 5.00. The fraction of sp³-hybridized carbons (Fsp3) is 0.818. The molecule has 0 amide bonds. The number of aliphatic hydroxyl groups excluding tert-OH is 1. The van der Waals surface area contributed by atoms with Crippen LogP contribution in [-0.4, -0.2) is 11.2 Å². The number of allylic oxidation sites excluding steroid dienone is 2. The Morgan fingerprint density at radius 3 is 2.42 bits per heavy atom. The van der Waals surface area contributed by atoms with E-state index >= 15 is 0 Å². The zero-order valence-electron chi connectivity index (χ0n) is 8.80. The summed E-state index contributed by atoms with van der Waals surface area (Å²) in [6.45, 7) is 8.42. The van der Waals surface area contributed by atoms with Crippen LogP contribution in [-0.2, 0) is 0 Å². The van der Waals surface area contributed by atoms with E-state index in [0.29, 0.717) is 5.92 Å². The number of aliphatic hydroxyl groups is 1. The molecule has 72 valence electrons. The van der Waals surface area contributed by atoms with Gasteiger partial charge >= 0.3 is 0 Å². The average Bonchev–Trinajstić information content (AvgIpc) is 2.00. The van der Waals surface area contributed by atoms with Crippen molar-refractivity contribution >= 4 is 0 Å². The predicted octanol–water partition coefficient (Wildman–Crippen LogP) is 3.14. The van der Waals surface area contributed by atoms with Crippen LogP contribution in [0.25, 0.3) is 0 Å². The first-order valence-corrected chi connectivity index (χ1v) is 4.91. The number of hydrogen-bond donors (Lipinski definition) is 1. The Hall–Kier alpha value is -0.300. The molecule has 0 bridgehead atoms. The van der Waals surface area contributed by atoms with Crippen molar-refractivity contribution in [3.05, 3.63) is 11.6 Å². The number of hydrogen-bond acceptors (Lipinski definition) is 1. The average molecular weight is 170 g/mol. The summed E-state index contributed by atoms with van der Waals surface area (Å²) in [5.41, 5.74) is 1.41. The molecule has 1 heteroatoms. The summed E-state index contributed by atoms with van der Waals surface area (Å²) < 4.78 is 0. The van der Waals surface area contributed by atoms with Crippen molar-refractivity contribution in [1.82, 2.24) is 0 Å². The van der Waals surface area contributed by atoms with Crippen molar-refractivity contribution in [2.45, 2.75) is 53.1 Å². The van der Waals surface area contributed by atoms with Gasteiger partial charge in [0.2, 0.25) is 0 Å². The van der Waals surface area contributed by atoms with Gasteiger partial charge in [-0.1, -0.05) is 31.9 Å². The maximum absolute atomic E-state index is 9.07. The van der Waals surface area contributed by atoms with Crippen LogP contribution in [0.4, 0.5) is 0 Å². The lowest BCUT2D eigenvalue weighted by atomic mass is 10.0. The van der Waals surface area contributed by atoms with E-state index in [-0.39, 0.29) is 6.10 Å². The maximum Gasteiger partial charge on any atom is 0.0515 e. The molecule has 0 aromatic carbocycles. The zero-order valence-corrected chi connectivity index (χ0v) is 8.80. The molecule has 2 atom stereocenters. The predicted molar refractivity (Wildman–Crippen MR) is 54.1 cm³/mol. The summed E-state index contributed by atoms with van der Waals surface area (Å²) in [5.74, 6) is 0.680. The van der Waals surface area contributed by atoms with Crippen molar-refractivity contribution in [3.8, 4) is 0 Å². The molecule has 0 aliphatic heterocycles. The molecule has 12 heavy (non-hydrogen) atoms. The molecule has 0 saturated carbocycles. The Balaban J connectivity index is 3.69. The highest BCUT2D eigenvalue weighted by Crippen LogP contribution is 2.12. The summed E-state index contributed by atoms with van der Waals surface area (Å²) in [6, 6.07) is 0. The van der Waals surface area contributed by atoms with Gasteiger partial charge in [0, 0.05) is 0 Å². The van der Waals surface area contributed by atoms with Crippen LogP contribution in [0, 0.1) is 5.92 Å². The molecular formula is C11H22O. The molecule has 1 N–H and O–H groups in total. The van der Waals surface area contributed by atoms with Gasteiger partial charge in [-0.05, 0) is 32.6 Å². The Labute approximate surface area is 76.5 Å². The minimum atomic E-state index is -0.162. The third-order valence-corrected chi connectivity index (χ3v) is 2.17. The third-order valence-electron chi connectivity index (χ3n) is 2.17. The van der Waals surface area contributed by atoms with Gasteiger partial charge in [0.25, 0.3) is 0 Å². The molecule has 0 fully saturated rings. The van der Waals surface area contributed by atoms with Gasteiger partial charge < -0.3 is 5.11 Å². The van der Waals surface area contributed by atoms with Gasteiger partial charge in [-0.2, -0.15) is 0 Å². The highest BCUT2D eigenvalue weighted by atomic mass is 16.3. The van der Waals surface area contributed by atoms with Gasteiger partial charge in [0.05, 0.1) is 6.10 Å². The van der Waals surface area contributed by atoms with Crippen LogP contribution in [0.15, 0.2) is 11.6 Å². The van der Waals surface area contributed by atoms with E-state index in [1.54, 1.807) is 0 Å². The Morgan fingerprint density at radius 1 is 1.42 bits per heavy atom. The zero-order chi connectivity index (χ0) is 9.56.